The largest absolute Gasteiger partial charge is 0.393 e. The van der Waals surface area contributed by atoms with Gasteiger partial charge in [0.1, 0.15) is 5.22 Å². The predicted molar refractivity (Wildman–Crippen MR) is 67.7 cm³/mol. The molecule has 0 radical (unpaired) electrons. The van der Waals surface area contributed by atoms with Gasteiger partial charge in [0.15, 0.2) is 0 Å². The zero-order valence-corrected chi connectivity index (χ0v) is 12.2. The van der Waals surface area contributed by atoms with Gasteiger partial charge < -0.3 is 13.6 Å². The third-order valence-corrected chi connectivity index (χ3v) is 7.67. The van der Waals surface area contributed by atoms with E-state index in [0.717, 1.165) is 19.4 Å². The Morgan fingerprint density at radius 3 is 2.12 bits per heavy atom. The summed E-state index contributed by atoms with van der Waals surface area (Å²) < 4.78 is 18.1. The lowest BCUT2D eigenvalue weighted by atomic mass is 10.1. The summed E-state index contributed by atoms with van der Waals surface area (Å²) in [7, 11) is -2.22. The van der Waals surface area contributed by atoms with E-state index in [9.17, 15) is 0 Å². The van der Waals surface area contributed by atoms with Crippen LogP contribution < -0.4 is 0 Å². The van der Waals surface area contributed by atoms with E-state index in [1.807, 2.05) is 13.8 Å². The van der Waals surface area contributed by atoms with E-state index in [1.165, 1.54) is 12.8 Å². The van der Waals surface area contributed by atoms with E-state index in [0.29, 0.717) is 13.2 Å². The Morgan fingerprint density at radius 1 is 1.12 bits per heavy atom. The lowest BCUT2D eigenvalue weighted by Gasteiger charge is -2.46. The molecule has 3 nitrogen and oxygen atoms in total. The second-order valence-corrected chi connectivity index (χ2v) is 7.85. The Hall–Kier alpha value is 0.0969. The first-order valence-electron chi connectivity index (χ1n) is 6.56. The number of hydrogen-bond acceptors (Lipinski definition) is 3. The van der Waals surface area contributed by atoms with E-state index in [2.05, 4.69) is 13.5 Å². The van der Waals surface area contributed by atoms with Gasteiger partial charge in [0.05, 0.1) is 0 Å². The molecule has 1 rings (SSSR count). The molecule has 1 unspecified atom stereocenters. The van der Waals surface area contributed by atoms with Crippen LogP contribution in [-0.4, -0.2) is 33.6 Å². The van der Waals surface area contributed by atoms with Crippen molar-refractivity contribution >= 4 is 8.56 Å². The van der Waals surface area contributed by atoms with Crippen LogP contribution >= 0.6 is 0 Å². The molecule has 1 atom stereocenters. The maximum Gasteiger partial charge on any atom is 0.368 e. The highest BCUT2D eigenvalue weighted by atomic mass is 28.4. The van der Waals surface area contributed by atoms with Crippen LogP contribution in [0.2, 0.25) is 6.55 Å². The van der Waals surface area contributed by atoms with E-state index in [4.69, 9.17) is 13.6 Å². The van der Waals surface area contributed by atoms with Crippen molar-refractivity contribution < 1.29 is 13.6 Å². The van der Waals surface area contributed by atoms with Crippen molar-refractivity contribution in [1.29, 1.82) is 0 Å². The van der Waals surface area contributed by atoms with E-state index in [1.54, 1.807) is 0 Å². The van der Waals surface area contributed by atoms with Crippen LogP contribution in [-0.2, 0) is 13.6 Å². The monoisotopic (exact) mass is 246 g/mol. The molecule has 4 heteroatoms. The lowest BCUT2D eigenvalue weighted by molar-refractivity contribution is -0.0617. The average molecular weight is 246 g/mol. The van der Waals surface area contributed by atoms with E-state index >= 15 is 0 Å². The van der Waals surface area contributed by atoms with Gasteiger partial charge in [0.25, 0.3) is 0 Å². The molecule has 0 N–H and O–H groups in total. The summed E-state index contributed by atoms with van der Waals surface area (Å²) in [6.07, 6.45) is 4.49. The fourth-order valence-electron chi connectivity index (χ4n) is 2.67. The van der Waals surface area contributed by atoms with Crippen LogP contribution in [0.5, 0.6) is 0 Å². The van der Waals surface area contributed by atoms with Crippen molar-refractivity contribution in [3.8, 4) is 0 Å². The summed E-state index contributed by atoms with van der Waals surface area (Å²) in [5, 5.41) is -0.128. The minimum atomic E-state index is -2.22. The molecule has 0 saturated carbocycles. The molecule has 1 saturated heterocycles. The number of hydrogen-bond donors (Lipinski definition) is 0. The first kappa shape index (κ1) is 14.2. The quantitative estimate of drug-likeness (QED) is 0.674. The molecular formula is C12H26O3Si. The standard InChI is InChI=1S/C12H26O3Si/c1-5-12(10-8-9-11-13-12)16(4,14-6-2)15-7-3/h5-11H2,1-4H3. The second kappa shape index (κ2) is 6.14. The summed E-state index contributed by atoms with van der Waals surface area (Å²) in [5.41, 5.74) is 0. The Kier molecular flexibility index (Phi) is 5.44. The van der Waals surface area contributed by atoms with Crippen molar-refractivity contribution in [2.24, 2.45) is 0 Å². The molecular weight excluding hydrogens is 220 g/mol. The first-order valence-corrected chi connectivity index (χ1v) is 8.87. The molecule has 0 spiro atoms. The molecule has 1 aliphatic heterocycles. The van der Waals surface area contributed by atoms with Crippen LogP contribution in [0.4, 0.5) is 0 Å². The fourth-order valence-corrected chi connectivity index (χ4v) is 6.01. The van der Waals surface area contributed by atoms with Crippen molar-refractivity contribution in [2.45, 2.75) is 58.2 Å². The molecule has 0 aromatic carbocycles. The molecule has 1 aliphatic rings. The van der Waals surface area contributed by atoms with Crippen molar-refractivity contribution in [3.05, 3.63) is 0 Å². The normalized spacial score (nSPS) is 27.0. The van der Waals surface area contributed by atoms with Gasteiger partial charge >= 0.3 is 8.56 Å². The molecule has 1 heterocycles. The minimum absolute atomic E-state index is 0.128. The second-order valence-electron chi connectivity index (χ2n) is 4.47. The smallest absolute Gasteiger partial charge is 0.368 e. The Balaban J connectivity index is 2.86. The van der Waals surface area contributed by atoms with Crippen LogP contribution in [0.1, 0.15) is 46.5 Å². The van der Waals surface area contributed by atoms with Crippen LogP contribution in [0.25, 0.3) is 0 Å². The van der Waals surface area contributed by atoms with Gasteiger partial charge in [-0.25, -0.2) is 0 Å². The van der Waals surface area contributed by atoms with Gasteiger partial charge in [0, 0.05) is 19.8 Å². The van der Waals surface area contributed by atoms with Crippen molar-refractivity contribution in [1.82, 2.24) is 0 Å². The molecule has 0 bridgehead atoms. The van der Waals surface area contributed by atoms with Gasteiger partial charge in [-0.1, -0.05) is 6.92 Å². The topological polar surface area (TPSA) is 27.7 Å². The maximum atomic E-state index is 6.10. The van der Waals surface area contributed by atoms with Gasteiger partial charge in [-0.3, -0.25) is 0 Å². The van der Waals surface area contributed by atoms with Crippen LogP contribution in [0.3, 0.4) is 0 Å². The van der Waals surface area contributed by atoms with Crippen LogP contribution in [0.15, 0.2) is 0 Å². The predicted octanol–water partition coefficient (Wildman–Crippen LogP) is 3.02. The summed E-state index contributed by atoms with van der Waals surface area (Å²) >= 11 is 0. The first-order chi connectivity index (χ1) is 7.64. The molecule has 96 valence electrons. The van der Waals surface area contributed by atoms with Gasteiger partial charge in [-0.05, 0) is 46.1 Å². The highest BCUT2D eigenvalue weighted by molar-refractivity contribution is 6.69. The highest BCUT2D eigenvalue weighted by Gasteiger charge is 2.54. The molecule has 16 heavy (non-hydrogen) atoms. The maximum absolute atomic E-state index is 6.10. The lowest BCUT2D eigenvalue weighted by Crippen LogP contribution is -2.63. The summed E-state index contributed by atoms with van der Waals surface area (Å²) in [6, 6.07) is 0. The van der Waals surface area contributed by atoms with Crippen molar-refractivity contribution in [2.75, 3.05) is 19.8 Å². The SMILES string of the molecule is CCO[Si](C)(OCC)C1(CC)CCCCO1. The fraction of sp³-hybridized carbons (Fsp3) is 1.00. The summed E-state index contributed by atoms with van der Waals surface area (Å²) in [4.78, 5) is 0. The average Bonchev–Trinajstić information content (AvgIpc) is 2.30. The zero-order valence-electron chi connectivity index (χ0n) is 11.2. The zero-order chi connectivity index (χ0) is 12.1. The van der Waals surface area contributed by atoms with Crippen LogP contribution in [0, 0.1) is 0 Å². The van der Waals surface area contributed by atoms with Crippen molar-refractivity contribution in [3.63, 3.8) is 0 Å². The molecule has 0 aliphatic carbocycles. The number of ether oxygens (including phenoxy) is 1. The van der Waals surface area contributed by atoms with Gasteiger partial charge in [-0.2, -0.15) is 0 Å². The molecule has 0 aromatic heterocycles. The Labute approximate surface area is 101 Å². The van der Waals surface area contributed by atoms with Gasteiger partial charge in [0.2, 0.25) is 0 Å². The third kappa shape index (κ3) is 2.67. The Bertz CT molecular complexity index is 196. The highest BCUT2D eigenvalue weighted by Crippen LogP contribution is 2.38. The third-order valence-electron chi connectivity index (χ3n) is 3.59. The number of rotatable bonds is 6. The minimum Gasteiger partial charge on any atom is -0.393 e. The molecule has 1 fully saturated rings. The summed E-state index contributed by atoms with van der Waals surface area (Å²) in [5.74, 6) is 0. The molecule has 0 amide bonds. The van der Waals surface area contributed by atoms with Gasteiger partial charge in [-0.15, -0.1) is 0 Å². The molecule has 0 aromatic rings. The Morgan fingerprint density at radius 2 is 1.75 bits per heavy atom. The summed E-state index contributed by atoms with van der Waals surface area (Å²) in [6.45, 7) is 10.7. The van der Waals surface area contributed by atoms with E-state index < -0.39 is 8.56 Å². The van der Waals surface area contributed by atoms with E-state index in [-0.39, 0.29) is 5.22 Å².